The minimum atomic E-state index is 0.625. The number of alkyl halides is 1. The molecule has 0 N–H and O–H groups in total. The quantitative estimate of drug-likeness (QED) is 0.629. The van der Waals surface area contributed by atoms with Crippen LogP contribution >= 0.6 is 27.7 Å². The van der Waals surface area contributed by atoms with E-state index in [9.17, 15) is 0 Å². The van der Waals surface area contributed by atoms with Gasteiger partial charge in [0.05, 0.1) is 0 Å². The molecule has 1 aliphatic heterocycles. The molecule has 11 heavy (non-hydrogen) atoms. The highest BCUT2D eigenvalue weighted by molar-refractivity contribution is 9.09. The lowest BCUT2D eigenvalue weighted by atomic mass is 9.96. The van der Waals surface area contributed by atoms with E-state index in [2.05, 4.69) is 41.5 Å². The van der Waals surface area contributed by atoms with Gasteiger partial charge < -0.3 is 0 Å². The maximum Gasteiger partial charge on any atom is 0.00708 e. The Morgan fingerprint density at radius 1 is 1.55 bits per heavy atom. The van der Waals surface area contributed by atoms with Crippen molar-refractivity contribution in [2.75, 3.05) is 16.8 Å². The van der Waals surface area contributed by atoms with Gasteiger partial charge in [0, 0.05) is 5.33 Å². The molecule has 2 heteroatoms. The molecule has 0 bridgehead atoms. The molecular weight excluding hydrogens is 220 g/mol. The van der Waals surface area contributed by atoms with Crippen LogP contribution in [0, 0.1) is 16.7 Å². The van der Waals surface area contributed by atoms with E-state index in [0.717, 1.165) is 11.3 Å². The molecule has 2 fully saturated rings. The zero-order chi connectivity index (χ0) is 8.11. The van der Waals surface area contributed by atoms with E-state index in [4.69, 9.17) is 0 Å². The molecular formula is C9H15BrS. The topological polar surface area (TPSA) is 0 Å². The molecule has 0 aromatic rings. The van der Waals surface area contributed by atoms with Crippen molar-refractivity contribution in [1.29, 1.82) is 0 Å². The average Bonchev–Trinajstić information content (AvgIpc) is 2.36. The molecule has 1 saturated carbocycles. The summed E-state index contributed by atoms with van der Waals surface area (Å²) in [4.78, 5) is 0. The van der Waals surface area contributed by atoms with Crippen LogP contribution in [-0.4, -0.2) is 16.8 Å². The molecule has 1 heterocycles. The molecule has 0 aromatic carbocycles. The first-order valence-corrected chi connectivity index (χ1v) is 6.56. The third-order valence-electron chi connectivity index (χ3n) is 3.94. The molecule has 2 aliphatic rings. The molecule has 2 rings (SSSR count). The third kappa shape index (κ3) is 0.888. The van der Waals surface area contributed by atoms with Crippen molar-refractivity contribution in [1.82, 2.24) is 0 Å². The largest absolute Gasteiger partial charge is 0.161 e. The molecule has 0 amide bonds. The Morgan fingerprint density at radius 3 is 2.64 bits per heavy atom. The maximum atomic E-state index is 3.63. The Labute approximate surface area is 81.6 Å². The highest BCUT2D eigenvalue weighted by Gasteiger charge is 2.70. The predicted molar refractivity (Wildman–Crippen MR) is 55.4 cm³/mol. The fourth-order valence-electron chi connectivity index (χ4n) is 2.77. The van der Waals surface area contributed by atoms with Gasteiger partial charge >= 0.3 is 0 Å². The smallest absolute Gasteiger partial charge is 0.00708 e. The van der Waals surface area contributed by atoms with Gasteiger partial charge in [-0.25, -0.2) is 0 Å². The van der Waals surface area contributed by atoms with Gasteiger partial charge in [0.2, 0.25) is 0 Å². The second kappa shape index (κ2) is 2.41. The first-order valence-electron chi connectivity index (χ1n) is 4.29. The van der Waals surface area contributed by atoms with E-state index in [1.54, 1.807) is 0 Å². The second-order valence-electron chi connectivity index (χ2n) is 4.39. The van der Waals surface area contributed by atoms with Crippen LogP contribution in [0.15, 0.2) is 0 Å². The Kier molecular flexibility index (Phi) is 1.85. The number of rotatable bonds is 1. The van der Waals surface area contributed by atoms with Crippen molar-refractivity contribution >= 4 is 27.7 Å². The van der Waals surface area contributed by atoms with Crippen molar-refractivity contribution in [3.63, 3.8) is 0 Å². The van der Waals surface area contributed by atoms with Gasteiger partial charge in [-0.1, -0.05) is 29.8 Å². The number of hydrogen-bond acceptors (Lipinski definition) is 1. The van der Waals surface area contributed by atoms with Crippen LogP contribution in [0.1, 0.15) is 20.3 Å². The summed E-state index contributed by atoms with van der Waals surface area (Å²) < 4.78 is 0. The van der Waals surface area contributed by atoms with Gasteiger partial charge in [0.1, 0.15) is 0 Å². The van der Waals surface area contributed by atoms with Crippen molar-refractivity contribution in [3.8, 4) is 0 Å². The van der Waals surface area contributed by atoms with Crippen molar-refractivity contribution < 1.29 is 0 Å². The van der Waals surface area contributed by atoms with Crippen LogP contribution in [-0.2, 0) is 0 Å². The molecule has 1 saturated heterocycles. The highest BCUT2D eigenvalue weighted by atomic mass is 79.9. The fourth-order valence-corrected chi connectivity index (χ4v) is 5.93. The fraction of sp³-hybridized carbons (Fsp3) is 1.00. The van der Waals surface area contributed by atoms with E-state index in [0.29, 0.717) is 5.41 Å². The highest BCUT2D eigenvalue weighted by Crippen LogP contribution is 2.74. The lowest BCUT2D eigenvalue weighted by Gasteiger charge is -2.09. The van der Waals surface area contributed by atoms with E-state index >= 15 is 0 Å². The first-order chi connectivity index (χ1) is 5.15. The van der Waals surface area contributed by atoms with E-state index < -0.39 is 0 Å². The normalized spacial score (nSPS) is 46.6. The van der Waals surface area contributed by atoms with Gasteiger partial charge in [0.25, 0.3) is 0 Å². The lowest BCUT2D eigenvalue weighted by Crippen LogP contribution is -2.06. The summed E-state index contributed by atoms with van der Waals surface area (Å²) >= 11 is 5.77. The van der Waals surface area contributed by atoms with Gasteiger partial charge in [-0.2, -0.15) is 11.8 Å². The molecule has 0 aromatic heterocycles. The second-order valence-corrected chi connectivity index (χ2v) is 6.14. The van der Waals surface area contributed by atoms with Crippen molar-refractivity contribution in [2.45, 2.75) is 20.3 Å². The van der Waals surface area contributed by atoms with Crippen LogP contribution < -0.4 is 0 Å². The molecule has 0 nitrogen and oxygen atoms in total. The standard InChI is InChI=1S/C9H15BrS/c1-8(2)7(5-10)9(8)3-4-11-6-9/h7H,3-6H2,1-2H3. The number of halogens is 1. The van der Waals surface area contributed by atoms with Crippen LogP contribution in [0.25, 0.3) is 0 Å². The Balaban J connectivity index is 2.17. The van der Waals surface area contributed by atoms with Crippen LogP contribution in [0.2, 0.25) is 0 Å². The molecule has 0 radical (unpaired) electrons. The van der Waals surface area contributed by atoms with Crippen molar-refractivity contribution in [3.05, 3.63) is 0 Å². The average molecular weight is 235 g/mol. The summed E-state index contributed by atoms with van der Waals surface area (Å²) in [6.45, 7) is 4.87. The zero-order valence-corrected chi connectivity index (χ0v) is 9.59. The monoisotopic (exact) mass is 234 g/mol. The summed E-state index contributed by atoms with van der Waals surface area (Å²) in [5.41, 5.74) is 1.35. The Bertz CT molecular complexity index is 170. The lowest BCUT2D eigenvalue weighted by molar-refractivity contribution is 0.429. The summed E-state index contributed by atoms with van der Waals surface area (Å²) in [7, 11) is 0. The molecule has 1 spiro atoms. The van der Waals surface area contributed by atoms with Gasteiger partial charge in [-0.15, -0.1) is 0 Å². The molecule has 2 atom stereocenters. The Morgan fingerprint density at radius 2 is 2.27 bits per heavy atom. The summed E-state index contributed by atoms with van der Waals surface area (Å²) in [6.07, 6.45) is 1.46. The molecule has 1 aliphatic carbocycles. The summed E-state index contributed by atoms with van der Waals surface area (Å²) in [5, 5.41) is 1.21. The molecule has 2 unspecified atom stereocenters. The van der Waals surface area contributed by atoms with Crippen LogP contribution in [0.3, 0.4) is 0 Å². The first kappa shape index (κ1) is 8.43. The number of thioether (sulfide) groups is 1. The Hall–Kier alpha value is 0.830. The summed E-state index contributed by atoms with van der Waals surface area (Å²) in [5.74, 6) is 3.76. The molecule has 64 valence electrons. The van der Waals surface area contributed by atoms with E-state index in [1.807, 2.05) is 0 Å². The van der Waals surface area contributed by atoms with E-state index in [1.165, 1.54) is 23.3 Å². The zero-order valence-electron chi connectivity index (χ0n) is 7.19. The SMILES string of the molecule is CC1(C)C(CBr)C12CCSC2. The third-order valence-corrected chi connectivity index (χ3v) is 5.80. The number of hydrogen-bond donors (Lipinski definition) is 0. The van der Waals surface area contributed by atoms with Crippen molar-refractivity contribution in [2.24, 2.45) is 16.7 Å². The van der Waals surface area contributed by atoms with Gasteiger partial charge in [0.15, 0.2) is 0 Å². The minimum Gasteiger partial charge on any atom is -0.161 e. The summed E-state index contributed by atoms with van der Waals surface area (Å²) in [6, 6.07) is 0. The van der Waals surface area contributed by atoms with Gasteiger partial charge in [-0.05, 0) is 34.7 Å². The van der Waals surface area contributed by atoms with Crippen LogP contribution in [0.5, 0.6) is 0 Å². The predicted octanol–water partition coefficient (Wildman–Crippen LogP) is 3.16. The van der Waals surface area contributed by atoms with E-state index in [-0.39, 0.29) is 0 Å². The maximum absolute atomic E-state index is 3.63. The van der Waals surface area contributed by atoms with Gasteiger partial charge in [-0.3, -0.25) is 0 Å². The van der Waals surface area contributed by atoms with Crippen LogP contribution in [0.4, 0.5) is 0 Å². The minimum absolute atomic E-state index is 0.625.